The molecular formula is C25H19Cl2N3O3S. The van der Waals surface area contributed by atoms with Gasteiger partial charge in [0.2, 0.25) is 0 Å². The summed E-state index contributed by atoms with van der Waals surface area (Å²) in [6, 6.07) is 19.6. The summed E-state index contributed by atoms with van der Waals surface area (Å²) < 4.78 is 5.56. The molecule has 1 aliphatic heterocycles. The van der Waals surface area contributed by atoms with Crippen LogP contribution in [0.4, 0.5) is 11.4 Å². The van der Waals surface area contributed by atoms with Crippen LogP contribution < -0.4 is 15.4 Å². The Morgan fingerprint density at radius 3 is 2.65 bits per heavy atom. The van der Waals surface area contributed by atoms with Crippen LogP contribution in [0.15, 0.2) is 76.6 Å². The van der Waals surface area contributed by atoms with Gasteiger partial charge in [-0.25, -0.2) is 4.99 Å². The van der Waals surface area contributed by atoms with E-state index in [1.165, 1.54) is 11.8 Å². The van der Waals surface area contributed by atoms with E-state index in [0.29, 0.717) is 42.8 Å². The lowest BCUT2D eigenvalue weighted by atomic mass is 10.2. The van der Waals surface area contributed by atoms with Crippen molar-refractivity contribution < 1.29 is 14.3 Å². The van der Waals surface area contributed by atoms with E-state index in [9.17, 15) is 9.59 Å². The molecule has 0 unspecified atom stereocenters. The normalized spacial score (nSPS) is 15.4. The van der Waals surface area contributed by atoms with Crippen molar-refractivity contribution in [1.82, 2.24) is 5.32 Å². The van der Waals surface area contributed by atoms with Crippen LogP contribution in [0.5, 0.6) is 5.75 Å². The molecule has 0 aromatic heterocycles. The van der Waals surface area contributed by atoms with Gasteiger partial charge in [0.15, 0.2) is 11.8 Å². The average molecular weight is 512 g/mol. The van der Waals surface area contributed by atoms with Crippen LogP contribution >= 0.6 is 35.0 Å². The van der Waals surface area contributed by atoms with Gasteiger partial charge >= 0.3 is 0 Å². The number of nitrogens with one attached hydrogen (secondary N) is 2. The van der Waals surface area contributed by atoms with Gasteiger partial charge in [0.1, 0.15) is 5.75 Å². The zero-order valence-electron chi connectivity index (χ0n) is 18.0. The SMILES string of the molecule is Cc1cccc(NC(=O)COc2ccc(/C=C3\SC(=Nc4ccc(Cl)cc4)NC3=O)cc2Cl)c1. The molecule has 2 amide bonds. The summed E-state index contributed by atoms with van der Waals surface area (Å²) in [5, 5.41) is 6.94. The minimum atomic E-state index is -0.292. The molecule has 172 valence electrons. The third kappa shape index (κ3) is 6.41. The van der Waals surface area contributed by atoms with Crippen LogP contribution in [-0.4, -0.2) is 23.6 Å². The first-order valence-electron chi connectivity index (χ1n) is 10.2. The Bertz CT molecular complexity index is 1310. The highest BCUT2D eigenvalue weighted by Gasteiger charge is 2.24. The summed E-state index contributed by atoms with van der Waals surface area (Å²) in [5.41, 5.74) is 3.15. The number of benzene rings is 3. The van der Waals surface area contributed by atoms with Crippen molar-refractivity contribution in [3.63, 3.8) is 0 Å². The first-order chi connectivity index (χ1) is 16.4. The molecule has 1 aliphatic rings. The second-order valence-electron chi connectivity index (χ2n) is 7.35. The lowest BCUT2D eigenvalue weighted by Gasteiger charge is -2.10. The van der Waals surface area contributed by atoms with Gasteiger partial charge in [-0.05, 0) is 84.4 Å². The van der Waals surface area contributed by atoms with E-state index in [4.69, 9.17) is 27.9 Å². The molecule has 0 atom stereocenters. The second kappa shape index (κ2) is 10.8. The average Bonchev–Trinajstić information content (AvgIpc) is 3.13. The number of aliphatic imine (C=N–C) groups is 1. The maximum atomic E-state index is 12.3. The van der Waals surface area contributed by atoms with E-state index < -0.39 is 0 Å². The minimum absolute atomic E-state index is 0.184. The van der Waals surface area contributed by atoms with Gasteiger partial charge in [-0.15, -0.1) is 0 Å². The van der Waals surface area contributed by atoms with Gasteiger partial charge < -0.3 is 15.4 Å². The second-order valence-corrected chi connectivity index (χ2v) is 9.23. The maximum Gasteiger partial charge on any atom is 0.264 e. The summed E-state index contributed by atoms with van der Waals surface area (Å²) in [6.45, 7) is 1.76. The summed E-state index contributed by atoms with van der Waals surface area (Å²) in [4.78, 5) is 29.4. The van der Waals surface area contributed by atoms with Crippen molar-refractivity contribution in [1.29, 1.82) is 0 Å². The zero-order chi connectivity index (χ0) is 24.1. The molecule has 0 radical (unpaired) electrons. The number of amides is 2. The number of hydrogen-bond acceptors (Lipinski definition) is 5. The molecule has 2 N–H and O–H groups in total. The number of anilines is 1. The number of rotatable bonds is 6. The third-order valence-corrected chi connectivity index (χ3v) is 6.08. The van der Waals surface area contributed by atoms with Crippen molar-refractivity contribution in [2.75, 3.05) is 11.9 Å². The number of aryl methyl sites for hydroxylation is 1. The Morgan fingerprint density at radius 1 is 1.12 bits per heavy atom. The first kappa shape index (κ1) is 23.9. The summed E-state index contributed by atoms with van der Waals surface area (Å²) >= 11 is 13.5. The monoisotopic (exact) mass is 511 g/mol. The number of amidine groups is 1. The largest absolute Gasteiger partial charge is 0.482 e. The number of carbonyl (C=O) groups excluding carboxylic acids is 2. The molecule has 1 heterocycles. The molecule has 9 heteroatoms. The Kier molecular flexibility index (Phi) is 7.57. The van der Waals surface area contributed by atoms with E-state index in [2.05, 4.69) is 15.6 Å². The van der Waals surface area contributed by atoms with E-state index in [1.807, 2.05) is 31.2 Å². The van der Waals surface area contributed by atoms with Crippen molar-refractivity contribution in [2.24, 2.45) is 4.99 Å². The Hall–Kier alpha value is -3.26. The van der Waals surface area contributed by atoms with E-state index in [-0.39, 0.29) is 18.4 Å². The fourth-order valence-electron chi connectivity index (χ4n) is 3.05. The fraction of sp³-hybridized carbons (Fsp3) is 0.0800. The highest BCUT2D eigenvalue weighted by molar-refractivity contribution is 8.18. The molecule has 34 heavy (non-hydrogen) atoms. The van der Waals surface area contributed by atoms with Gasteiger partial charge in [-0.3, -0.25) is 9.59 Å². The standard InChI is InChI=1S/C25H19Cl2N3O3S/c1-15-3-2-4-19(11-15)28-23(31)14-33-21-10-5-16(12-20(21)27)13-22-24(32)30-25(34-22)29-18-8-6-17(26)7-9-18/h2-13H,14H2,1H3,(H,28,31)(H,29,30,32)/b22-13-. The Labute approximate surface area is 211 Å². The maximum absolute atomic E-state index is 12.3. The molecule has 1 saturated heterocycles. The van der Waals surface area contributed by atoms with Gasteiger partial charge in [0.05, 0.1) is 15.6 Å². The molecule has 4 rings (SSSR count). The molecule has 0 bridgehead atoms. The van der Waals surface area contributed by atoms with Gasteiger partial charge in [0, 0.05) is 10.7 Å². The lowest BCUT2D eigenvalue weighted by Crippen LogP contribution is -2.20. The van der Waals surface area contributed by atoms with Gasteiger partial charge in [-0.1, -0.05) is 41.4 Å². The molecule has 0 saturated carbocycles. The fourth-order valence-corrected chi connectivity index (χ4v) is 4.26. The molecule has 3 aromatic rings. The van der Waals surface area contributed by atoms with Crippen molar-refractivity contribution >= 4 is 69.4 Å². The first-order valence-corrected chi connectivity index (χ1v) is 11.8. The smallest absolute Gasteiger partial charge is 0.264 e. The van der Waals surface area contributed by atoms with Crippen molar-refractivity contribution in [3.8, 4) is 5.75 Å². The van der Waals surface area contributed by atoms with Crippen LogP contribution in [0.3, 0.4) is 0 Å². The van der Waals surface area contributed by atoms with Crippen LogP contribution in [0, 0.1) is 6.92 Å². The molecule has 0 aliphatic carbocycles. The zero-order valence-corrected chi connectivity index (χ0v) is 20.3. The molecule has 0 spiro atoms. The van der Waals surface area contributed by atoms with Crippen LogP contribution in [0.25, 0.3) is 6.08 Å². The van der Waals surface area contributed by atoms with E-state index >= 15 is 0 Å². The van der Waals surface area contributed by atoms with Crippen LogP contribution in [0.2, 0.25) is 10.0 Å². The Balaban J connectivity index is 1.38. The predicted octanol–water partition coefficient (Wildman–Crippen LogP) is 6.21. The predicted molar refractivity (Wildman–Crippen MR) is 139 cm³/mol. The number of halogens is 2. The molecule has 1 fully saturated rings. The topological polar surface area (TPSA) is 79.8 Å². The van der Waals surface area contributed by atoms with Gasteiger partial charge in [-0.2, -0.15) is 0 Å². The van der Waals surface area contributed by atoms with Crippen LogP contribution in [-0.2, 0) is 9.59 Å². The third-order valence-electron chi connectivity index (χ3n) is 4.62. The molecule has 3 aromatic carbocycles. The lowest BCUT2D eigenvalue weighted by molar-refractivity contribution is -0.118. The molecular weight excluding hydrogens is 493 g/mol. The number of hydrogen-bond donors (Lipinski definition) is 2. The number of nitrogens with zero attached hydrogens (tertiary/aromatic N) is 1. The van der Waals surface area contributed by atoms with E-state index in [1.54, 1.807) is 48.5 Å². The highest BCUT2D eigenvalue weighted by atomic mass is 35.5. The quantitative estimate of drug-likeness (QED) is 0.385. The minimum Gasteiger partial charge on any atom is -0.482 e. The summed E-state index contributed by atoms with van der Waals surface area (Å²) in [5.74, 6) is -0.168. The summed E-state index contributed by atoms with van der Waals surface area (Å²) in [6.07, 6.45) is 1.71. The summed E-state index contributed by atoms with van der Waals surface area (Å²) in [7, 11) is 0. The van der Waals surface area contributed by atoms with Crippen molar-refractivity contribution in [3.05, 3.63) is 92.8 Å². The van der Waals surface area contributed by atoms with Gasteiger partial charge in [0.25, 0.3) is 11.8 Å². The Morgan fingerprint density at radius 2 is 1.91 bits per heavy atom. The highest BCUT2D eigenvalue weighted by Crippen LogP contribution is 2.31. The number of ether oxygens (including phenoxy) is 1. The van der Waals surface area contributed by atoms with Crippen molar-refractivity contribution in [2.45, 2.75) is 6.92 Å². The number of thioether (sulfide) groups is 1. The number of carbonyl (C=O) groups is 2. The molecule has 6 nitrogen and oxygen atoms in total. The van der Waals surface area contributed by atoms with Crippen LogP contribution in [0.1, 0.15) is 11.1 Å². The van der Waals surface area contributed by atoms with E-state index in [0.717, 1.165) is 5.56 Å².